The summed E-state index contributed by atoms with van der Waals surface area (Å²) in [5, 5.41) is 1.23. The van der Waals surface area contributed by atoms with Crippen molar-refractivity contribution in [2.24, 2.45) is 0 Å². The number of rotatable bonds is 15. The Bertz CT molecular complexity index is 2910. The molecule has 1 saturated heterocycles. The first-order valence-corrected chi connectivity index (χ1v) is 22.4. The van der Waals surface area contributed by atoms with Crippen molar-refractivity contribution in [3.05, 3.63) is 191 Å². The molecule has 9 rings (SSSR count). The highest BCUT2D eigenvalue weighted by atomic mass is 16.7. The van der Waals surface area contributed by atoms with Gasteiger partial charge in [-0.1, -0.05) is 109 Å². The second-order valence-electron chi connectivity index (χ2n) is 16.4. The van der Waals surface area contributed by atoms with Gasteiger partial charge >= 0.3 is 17.9 Å². The molecule has 0 aromatic heterocycles. The van der Waals surface area contributed by atoms with Crippen LogP contribution in [0.2, 0.25) is 0 Å². The molecule has 0 bridgehead atoms. The fourth-order valence-corrected chi connectivity index (χ4v) is 8.94. The Morgan fingerprint density at radius 3 is 1.71 bits per heavy atom. The Balaban J connectivity index is 1.24. The highest BCUT2D eigenvalue weighted by Gasteiger charge is 2.47. The van der Waals surface area contributed by atoms with Crippen LogP contribution in [0.1, 0.15) is 85.3 Å². The maximum Gasteiger partial charge on any atom is 0.338 e. The Kier molecular flexibility index (Phi) is 13.7. The van der Waals surface area contributed by atoms with Crippen LogP contribution in [0.5, 0.6) is 23.0 Å². The second-order valence-corrected chi connectivity index (χ2v) is 16.4. The zero-order chi connectivity index (χ0) is 47.1. The third kappa shape index (κ3) is 9.33. The van der Waals surface area contributed by atoms with Crippen LogP contribution in [0.3, 0.4) is 0 Å². The first kappa shape index (κ1) is 45.5. The van der Waals surface area contributed by atoms with Crippen molar-refractivity contribution in [1.29, 1.82) is 0 Å². The minimum atomic E-state index is -1.27. The third-order valence-corrected chi connectivity index (χ3v) is 12.2. The summed E-state index contributed by atoms with van der Waals surface area (Å²) >= 11 is 0. The van der Waals surface area contributed by atoms with E-state index < -0.39 is 48.6 Å². The molecular weight excluding hydrogens is 865 g/mol. The second kappa shape index (κ2) is 20.5. The molecular formula is C56H50O12. The standard InChI is InChI=1S/C56H50O12/c1-34-42(66-55(58)37-22-13-7-14-23-37)28-29-45(65-34)67-53-49-48(50(60-2)40-26-17-27-43(47(40)52(49)61-3)63-32-35-18-9-5-10-19-35)46-41(51(53)68-56(59)38-24-15-8-16-25-38)30-39(54(57)62-4)31-44(46)64-33-36-20-11-6-12-21-36/h5-27,30-31,34,42,45,51,53H,28-29,32-33H2,1-4H3/t34-,42-,45-,51+,53+/m0/s1. The molecule has 12 nitrogen and oxygen atoms in total. The molecule has 68 heavy (non-hydrogen) atoms. The highest BCUT2D eigenvalue weighted by Crippen LogP contribution is 2.61. The Labute approximate surface area is 394 Å². The molecule has 2 aliphatic rings. The quantitative estimate of drug-likeness (QED) is 0.0716. The highest BCUT2D eigenvalue weighted by molar-refractivity contribution is 6.07. The topological polar surface area (TPSA) is 134 Å². The van der Waals surface area contributed by atoms with E-state index >= 15 is 0 Å². The van der Waals surface area contributed by atoms with Crippen molar-refractivity contribution in [3.63, 3.8) is 0 Å². The fourth-order valence-electron chi connectivity index (χ4n) is 8.94. The molecule has 0 spiro atoms. The van der Waals surface area contributed by atoms with E-state index in [2.05, 4.69) is 0 Å². The van der Waals surface area contributed by atoms with Gasteiger partial charge in [0.25, 0.3) is 0 Å². The number of esters is 3. The number of methoxy groups -OCH3 is 3. The summed E-state index contributed by atoms with van der Waals surface area (Å²) in [6.07, 6.45) is -3.86. The largest absolute Gasteiger partial charge is 0.496 e. The molecule has 7 aromatic rings. The van der Waals surface area contributed by atoms with E-state index in [1.165, 1.54) is 7.11 Å². The van der Waals surface area contributed by atoms with Gasteiger partial charge in [-0.3, -0.25) is 0 Å². The monoisotopic (exact) mass is 914 g/mol. The summed E-state index contributed by atoms with van der Waals surface area (Å²) in [6.45, 7) is 2.19. The maximum absolute atomic E-state index is 14.5. The Morgan fingerprint density at radius 2 is 1.13 bits per heavy atom. The summed E-state index contributed by atoms with van der Waals surface area (Å²) in [6, 6.07) is 45.7. The van der Waals surface area contributed by atoms with Crippen LogP contribution in [0.15, 0.2) is 152 Å². The Hall–Kier alpha value is -7.67. The minimum absolute atomic E-state index is 0.121. The van der Waals surface area contributed by atoms with E-state index in [1.807, 2.05) is 91.9 Å². The summed E-state index contributed by atoms with van der Waals surface area (Å²) in [5.74, 6) is -0.189. The van der Waals surface area contributed by atoms with E-state index in [4.69, 9.17) is 42.6 Å². The van der Waals surface area contributed by atoms with Crippen LogP contribution in [0.4, 0.5) is 0 Å². The molecule has 346 valence electrons. The van der Waals surface area contributed by atoms with Gasteiger partial charge in [0.2, 0.25) is 0 Å². The molecule has 0 unspecified atom stereocenters. The zero-order valence-corrected chi connectivity index (χ0v) is 38.0. The van der Waals surface area contributed by atoms with Crippen LogP contribution in [-0.2, 0) is 36.9 Å². The lowest BCUT2D eigenvalue weighted by Gasteiger charge is -2.41. The van der Waals surface area contributed by atoms with Gasteiger partial charge in [-0.15, -0.1) is 0 Å². The SMILES string of the molecule is COC(=O)c1cc(OCc2ccccc2)c2c(c1)[C@@H](OC(=O)c1ccccc1)[C@H](O[C@H]1CC[C@H](OC(=O)c3ccccc3)[C@H](C)O1)c1c-2c(OC)c2cccc(OCc3ccccc3)c2c1OC. The van der Waals surface area contributed by atoms with E-state index in [0.29, 0.717) is 68.7 Å². The van der Waals surface area contributed by atoms with E-state index in [0.717, 1.165) is 11.1 Å². The molecule has 5 atom stereocenters. The molecule has 1 fully saturated rings. The van der Waals surface area contributed by atoms with Gasteiger partial charge in [-0.05, 0) is 66.9 Å². The third-order valence-electron chi connectivity index (χ3n) is 12.2. The summed E-state index contributed by atoms with van der Waals surface area (Å²) in [5.41, 5.74) is 4.51. The number of ether oxygens (including phenoxy) is 9. The van der Waals surface area contributed by atoms with Gasteiger partial charge in [-0.25, -0.2) is 14.4 Å². The van der Waals surface area contributed by atoms with Crippen molar-refractivity contribution in [1.82, 2.24) is 0 Å². The molecule has 12 heteroatoms. The van der Waals surface area contributed by atoms with Crippen LogP contribution in [0, 0.1) is 0 Å². The lowest BCUT2D eigenvalue weighted by atomic mass is 9.77. The smallest absolute Gasteiger partial charge is 0.338 e. The van der Waals surface area contributed by atoms with Gasteiger partial charge in [0.1, 0.15) is 48.4 Å². The molecule has 0 N–H and O–H groups in total. The van der Waals surface area contributed by atoms with Gasteiger partial charge in [0, 0.05) is 34.1 Å². The van der Waals surface area contributed by atoms with Crippen molar-refractivity contribution >= 4 is 28.7 Å². The average Bonchev–Trinajstić information content (AvgIpc) is 3.38. The molecule has 1 aliphatic carbocycles. The molecule has 0 saturated carbocycles. The fraction of sp³-hybridized carbons (Fsp3) is 0.232. The first-order valence-electron chi connectivity index (χ1n) is 22.4. The minimum Gasteiger partial charge on any atom is -0.496 e. The molecule has 0 radical (unpaired) electrons. The lowest BCUT2D eigenvalue weighted by Crippen LogP contribution is -2.42. The number of carbonyl (C=O) groups is 3. The lowest BCUT2D eigenvalue weighted by molar-refractivity contribution is -0.249. The van der Waals surface area contributed by atoms with Crippen molar-refractivity contribution in [2.45, 2.75) is 63.7 Å². The van der Waals surface area contributed by atoms with Crippen LogP contribution in [0.25, 0.3) is 21.9 Å². The summed E-state index contributed by atoms with van der Waals surface area (Å²) in [7, 11) is 4.43. The van der Waals surface area contributed by atoms with Crippen molar-refractivity contribution < 1.29 is 57.0 Å². The van der Waals surface area contributed by atoms with Gasteiger partial charge in [-0.2, -0.15) is 0 Å². The molecule has 7 aromatic carbocycles. The average molecular weight is 915 g/mol. The number of benzene rings is 7. The molecule has 0 amide bonds. The zero-order valence-electron chi connectivity index (χ0n) is 38.0. The molecule has 1 aliphatic heterocycles. The van der Waals surface area contributed by atoms with Crippen molar-refractivity contribution in [3.8, 4) is 34.1 Å². The number of fused-ring (bicyclic) bond motifs is 4. The predicted octanol–water partition coefficient (Wildman–Crippen LogP) is 11.2. The molecule has 1 heterocycles. The van der Waals surface area contributed by atoms with Gasteiger partial charge in [0.15, 0.2) is 12.4 Å². The number of hydrogen-bond acceptors (Lipinski definition) is 12. The van der Waals surface area contributed by atoms with E-state index in [-0.39, 0.29) is 30.1 Å². The normalized spacial score (nSPS) is 18.3. The van der Waals surface area contributed by atoms with E-state index in [9.17, 15) is 14.4 Å². The van der Waals surface area contributed by atoms with Crippen LogP contribution in [-0.4, -0.2) is 57.7 Å². The Morgan fingerprint density at radius 1 is 0.559 bits per heavy atom. The summed E-state index contributed by atoms with van der Waals surface area (Å²) in [4.78, 5) is 41.3. The van der Waals surface area contributed by atoms with Crippen LogP contribution < -0.4 is 18.9 Å². The maximum atomic E-state index is 14.5. The first-order chi connectivity index (χ1) is 33.3. The van der Waals surface area contributed by atoms with Crippen LogP contribution >= 0.6 is 0 Å². The number of hydrogen-bond donors (Lipinski definition) is 0. The predicted molar refractivity (Wildman–Crippen MR) is 253 cm³/mol. The van der Waals surface area contributed by atoms with Gasteiger partial charge in [0.05, 0.1) is 49.5 Å². The van der Waals surface area contributed by atoms with Gasteiger partial charge < -0.3 is 42.6 Å². The van der Waals surface area contributed by atoms with Crippen molar-refractivity contribution in [2.75, 3.05) is 21.3 Å². The van der Waals surface area contributed by atoms with E-state index in [1.54, 1.807) is 80.9 Å². The summed E-state index contributed by atoms with van der Waals surface area (Å²) < 4.78 is 57.9. The number of carbonyl (C=O) groups excluding carboxylic acids is 3.